The second kappa shape index (κ2) is 4.81. The van der Waals surface area contributed by atoms with Gasteiger partial charge in [-0.3, -0.25) is 0 Å². The third kappa shape index (κ3) is 3.68. The predicted molar refractivity (Wildman–Crippen MR) is 58.7 cm³/mol. The quantitative estimate of drug-likeness (QED) is 0.689. The summed E-state index contributed by atoms with van der Waals surface area (Å²) in [7, 11) is 0. The molecule has 1 unspecified atom stereocenters. The van der Waals surface area contributed by atoms with Gasteiger partial charge in [0.1, 0.15) is 0 Å². The lowest BCUT2D eigenvalue weighted by atomic mass is 10.1. The molecule has 15 heavy (non-hydrogen) atoms. The Morgan fingerprint density at radius 1 is 1.67 bits per heavy atom. The molecule has 1 heterocycles. The molecule has 1 aliphatic heterocycles. The van der Waals surface area contributed by atoms with Crippen LogP contribution in [0.4, 0.5) is 4.79 Å². The summed E-state index contributed by atoms with van der Waals surface area (Å²) in [6, 6.07) is -0.0550. The van der Waals surface area contributed by atoms with Crippen LogP contribution in [-0.2, 0) is 4.74 Å². The van der Waals surface area contributed by atoms with Crippen LogP contribution in [0.2, 0.25) is 0 Å². The zero-order valence-corrected chi connectivity index (χ0v) is 9.75. The molecule has 0 bridgehead atoms. The van der Waals surface area contributed by atoms with Crippen LogP contribution >= 0.6 is 0 Å². The molecule has 1 aliphatic rings. The number of carbonyl (C=O) groups excluding carboxylic acids is 1. The third-order valence-electron chi connectivity index (χ3n) is 2.48. The van der Waals surface area contributed by atoms with Crippen molar-refractivity contribution in [3.8, 4) is 0 Å². The number of rotatable bonds is 2. The van der Waals surface area contributed by atoms with Gasteiger partial charge in [-0.25, -0.2) is 4.79 Å². The van der Waals surface area contributed by atoms with E-state index >= 15 is 0 Å². The maximum Gasteiger partial charge on any atom is 0.318 e. The van der Waals surface area contributed by atoms with Crippen molar-refractivity contribution in [2.24, 2.45) is 5.73 Å². The lowest BCUT2D eigenvalue weighted by molar-refractivity contribution is -0.00437. The highest BCUT2D eigenvalue weighted by Crippen LogP contribution is 2.06. The zero-order chi connectivity index (χ0) is 11.5. The summed E-state index contributed by atoms with van der Waals surface area (Å²) in [5.74, 6) is 0. The molecular weight excluding hydrogens is 194 g/mol. The number of hydrogen-bond donors (Lipinski definition) is 2. The van der Waals surface area contributed by atoms with Crippen molar-refractivity contribution in [2.75, 3.05) is 26.2 Å². The van der Waals surface area contributed by atoms with E-state index in [4.69, 9.17) is 10.5 Å². The van der Waals surface area contributed by atoms with Gasteiger partial charge in [-0.15, -0.1) is 0 Å². The van der Waals surface area contributed by atoms with Crippen LogP contribution in [0.15, 0.2) is 0 Å². The van der Waals surface area contributed by atoms with Crippen LogP contribution in [0, 0.1) is 0 Å². The molecule has 0 aromatic carbocycles. The Balaban J connectivity index is 2.46. The predicted octanol–water partition coefficient (Wildman–Crippen LogP) is 0.154. The molecule has 1 rings (SSSR count). The topological polar surface area (TPSA) is 67.6 Å². The fraction of sp³-hybridized carbons (Fsp3) is 0.900. The van der Waals surface area contributed by atoms with E-state index in [0.29, 0.717) is 26.2 Å². The molecule has 0 aromatic rings. The first-order valence-electron chi connectivity index (χ1n) is 5.33. The average Bonchev–Trinajstić information content (AvgIpc) is 2.17. The van der Waals surface area contributed by atoms with Crippen molar-refractivity contribution in [2.45, 2.75) is 32.4 Å². The number of urea groups is 1. The highest BCUT2D eigenvalue weighted by atomic mass is 16.5. The summed E-state index contributed by atoms with van der Waals surface area (Å²) in [5.41, 5.74) is 5.20. The van der Waals surface area contributed by atoms with Crippen LogP contribution in [0.3, 0.4) is 0 Å². The molecule has 88 valence electrons. The molecule has 3 N–H and O–H groups in total. The molecule has 0 saturated carbocycles. The highest BCUT2D eigenvalue weighted by molar-refractivity contribution is 5.75. The van der Waals surface area contributed by atoms with Crippen LogP contribution in [-0.4, -0.2) is 48.8 Å². The number of nitrogens with one attached hydrogen (secondary N) is 1. The fourth-order valence-electron chi connectivity index (χ4n) is 1.42. The number of hydrogen-bond acceptors (Lipinski definition) is 3. The molecule has 0 radical (unpaired) electrons. The molecule has 5 nitrogen and oxygen atoms in total. The Kier molecular flexibility index (Phi) is 3.93. The summed E-state index contributed by atoms with van der Waals surface area (Å²) < 4.78 is 5.37. The monoisotopic (exact) mass is 215 g/mol. The van der Waals surface area contributed by atoms with Crippen molar-refractivity contribution < 1.29 is 9.53 Å². The number of carbonyl (C=O) groups is 1. The van der Waals surface area contributed by atoms with Crippen LogP contribution < -0.4 is 11.1 Å². The minimum atomic E-state index is -0.349. The van der Waals surface area contributed by atoms with Gasteiger partial charge in [-0.05, 0) is 20.8 Å². The molecule has 5 heteroatoms. The van der Waals surface area contributed by atoms with Gasteiger partial charge in [0.25, 0.3) is 0 Å². The van der Waals surface area contributed by atoms with Crippen molar-refractivity contribution in [1.82, 2.24) is 10.2 Å². The Labute approximate surface area is 90.9 Å². The smallest absolute Gasteiger partial charge is 0.318 e. The fourth-order valence-corrected chi connectivity index (χ4v) is 1.42. The standard InChI is InChI=1S/C10H21N3O2/c1-8-6-13(4-5-15-8)9(14)12-10(2,3)7-11/h8H,4-7,11H2,1-3H3,(H,12,14). The third-order valence-corrected chi connectivity index (χ3v) is 2.48. The molecule has 1 saturated heterocycles. The van der Waals surface area contributed by atoms with Gasteiger partial charge in [0.05, 0.1) is 12.7 Å². The van der Waals surface area contributed by atoms with Crippen molar-refractivity contribution in [3.05, 3.63) is 0 Å². The molecular formula is C10H21N3O2. The van der Waals surface area contributed by atoms with E-state index in [0.717, 1.165) is 0 Å². The van der Waals surface area contributed by atoms with Crippen LogP contribution in [0.1, 0.15) is 20.8 Å². The van der Waals surface area contributed by atoms with E-state index in [2.05, 4.69) is 5.32 Å². The van der Waals surface area contributed by atoms with Crippen LogP contribution in [0.25, 0.3) is 0 Å². The minimum absolute atomic E-state index is 0.0550. The Morgan fingerprint density at radius 2 is 2.33 bits per heavy atom. The first kappa shape index (κ1) is 12.3. The Morgan fingerprint density at radius 3 is 2.87 bits per heavy atom. The van der Waals surface area contributed by atoms with E-state index in [1.165, 1.54) is 0 Å². The maximum absolute atomic E-state index is 11.8. The van der Waals surface area contributed by atoms with E-state index < -0.39 is 0 Å². The number of ether oxygens (including phenoxy) is 1. The maximum atomic E-state index is 11.8. The number of morpholine rings is 1. The van der Waals surface area contributed by atoms with E-state index in [-0.39, 0.29) is 17.7 Å². The van der Waals surface area contributed by atoms with Gasteiger partial charge in [0.2, 0.25) is 0 Å². The first-order valence-corrected chi connectivity index (χ1v) is 5.33. The molecule has 2 amide bonds. The molecule has 1 atom stereocenters. The van der Waals surface area contributed by atoms with E-state index in [1.54, 1.807) is 4.90 Å². The first-order chi connectivity index (χ1) is 6.94. The lowest BCUT2D eigenvalue weighted by Gasteiger charge is -2.34. The second-order valence-electron chi connectivity index (χ2n) is 4.65. The lowest BCUT2D eigenvalue weighted by Crippen LogP contribution is -2.56. The largest absolute Gasteiger partial charge is 0.375 e. The summed E-state index contributed by atoms with van der Waals surface area (Å²) in [4.78, 5) is 13.6. The molecule has 0 aromatic heterocycles. The summed E-state index contributed by atoms with van der Waals surface area (Å²) in [6.07, 6.45) is 0.116. The minimum Gasteiger partial charge on any atom is -0.375 e. The Bertz CT molecular complexity index is 231. The molecule has 0 aliphatic carbocycles. The van der Waals surface area contributed by atoms with Gasteiger partial charge >= 0.3 is 6.03 Å². The van der Waals surface area contributed by atoms with Gasteiger partial charge in [0.15, 0.2) is 0 Å². The summed E-state index contributed by atoms with van der Waals surface area (Å²) in [6.45, 7) is 8.12. The average molecular weight is 215 g/mol. The highest BCUT2D eigenvalue weighted by Gasteiger charge is 2.25. The van der Waals surface area contributed by atoms with Crippen LogP contribution in [0.5, 0.6) is 0 Å². The number of nitrogens with two attached hydrogens (primary N) is 1. The SMILES string of the molecule is CC1CN(C(=O)NC(C)(C)CN)CCO1. The Hall–Kier alpha value is -0.810. The van der Waals surface area contributed by atoms with Gasteiger partial charge in [-0.1, -0.05) is 0 Å². The second-order valence-corrected chi connectivity index (χ2v) is 4.65. The molecule has 0 spiro atoms. The normalized spacial score (nSPS) is 22.7. The summed E-state index contributed by atoms with van der Waals surface area (Å²) >= 11 is 0. The van der Waals surface area contributed by atoms with Crippen molar-refractivity contribution in [3.63, 3.8) is 0 Å². The van der Waals surface area contributed by atoms with E-state index in [1.807, 2.05) is 20.8 Å². The van der Waals surface area contributed by atoms with Gasteiger partial charge in [0, 0.05) is 25.2 Å². The number of amides is 2. The van der Waals surface area contributed by atoms with Crippen molar-refractivity contribution >= 4 is 6.03 Å². The van der Waals surface area contributed by atoms with Gasteiger partial charge in [-0.2, -0.15) is 0 Å². The number of nitrogens with zero attached hydrogens (tertiary/aromatic N) is 1. The van der Waals surface area contributed by atoms with Gasteiger partial charge < -0.3 is 20.7 Å². The summed E-state index contributed by atoms with van der Waals surface area (Å²) in [5, 5.41) is 2.90. The molecule has 1 fully saturated rings. The van der Waals surface area contributed by atoms with Crippen molar-refractivity contribution in [1.29, 1.82) is 0 Å². The zero-order valence-electron chi connectivity index (χ0n) is 9.75. The van der Waals surface area contributed by atoms with E-state index in [9.17, 15) is 4.79 Å².